The quantitative estimate of drug-likeness (QED) is 0.391. The Labute approximate surface area is 193 Å². The number of carbonyl (C=O) groups is 2. The number of fused-ring (bicyclic) bond motifs is 1. The van der Waals surface area contributed by atoms with E-state index in [4.69, 9.17) is 29.2 Å². The zero-order valence-corrected chi connectivity index (χ0v) is 18.7. The normalized spacial score (nSPS) is 15.9. The Morgan fingerprint density at radius 3 is 2.44 bits per heavy atom. The number of hydrogen-bond acceptors (Lipinski definition) is 6. The van der Waals surface area contributed by atoms with Gasteiger partial charge in [0.05, 0.1) is 12.2 Å². The van der Waals surface area contributed by atoms with E-state index >= 15 is 0 Å². The van der Waals surface area contributed by atoms with E-state index in [2.05, 4.69) is 15.5 Å². The van der Waals surface area contributed by atoms with Crippen LogP contribution in [0.15, 0.2) is 48.5 Å². The fourth-order valence-corrected chi connectivity index (χ4v) is 4.54. The highest BCUT2D eigenvalue weighted by Crippen LogP contribution is 2.38. The van der Waals surface area contributed by atoms with Crippen LogP contribution in [0, 0.1) is 9.54 Å². The molecule has 32 heavy (non-hydrogen) atoms. The molecule has 9 nitrogen and oxygen atoms in total. The molecule has 3 aromatic rings. The van der Waals surface area contributed by atoms with Crippen LogP contribution in [-0.2, 0) is 14.3 Å². The van der Waals surface area contributed by atoms with Crippen molar-refractivity contribution in [3.63, 3.8) is 0 Å². The van der Waals surface area contributed by atoms with Crippen molar-refractivity contribution in [2.75, 3.05) is 30.4 Å². The molecule has 1 aromatic heterocycles. The van der Waals surface area contributed by atoms with Gasteiger partial charge < -0.3 is 20.1 Å². The van der Waals surface area contributed by atoms with Crippen molar-refractivity contribution in [1.82, 2.24) is 14.8 Å². The van der Waals surface area contributed by atoms with Gasteiger partial charge in [0.15, 0.2) is 15.6 Å². The van der Waals surface area contributed by atoms with Gasteiger partial charge in [-0.25, -0.2) is 4.79 Å². The highest BCUT2D eigenvalue weighted by atomic mass is 32.1. The van der Waals surface area contributed by atoms with Gasteiger partial charge in [0.1, 0.15) is 0 Å². The molecule has 2 heterocycles. The van der Waals surface area contributed by atoms with Crippen LogP contribution in [0.4, 0.5) is 11.4 Å². The first-order valence-corrected chi connectivity index (χ1v) is 10.6. The molecule has 0 fully saturated rings. The number of hydrogen-bond donors (Lipinski definition) is 4. The van der Waals surface area contributed by atoms with Gasteiger partial charge in [-0.3, -0.25) is 19.6 Å². The molecule has 1 aliphatic rings. The second-order valence-corrected chi connectivity index (χ2v) is 8.10. The summed E-state index contributed by atoms with van der Waals surface area (Å²) >= 11 is 10.4. The molecular formula is C21H21N5O4S2. The fraction of sp³-hybridized carbons (Fsp3) is 0.238. The Morgan fingerprint density at radius 1 is 1.16 bits per heavy atom. The predicted molar refractivity (Wildman–Crippen MR) is 125 cm³/mol. The minimum atomic E-state index is -1.03. The minimum absolute atomic E-state index is 0.0828. The molecule has 0 aliphatic carbocycles. The Balaban J connectivity index is 1.47. The third-order valence-electron chi connectivity index (χ3n) is 5.38. The van der Waals surface area contributed by atoms with E-state index in [-0.39, 0.29) is 18.4 Å². The lowest BCUT2D eigenvalue weighted by Crippen LogP contribution is -2.36. The highest BCUT2D eigenvalue weighted by molar-refractivity contribution is 7.72. The van der Waals surface area contributed by atoms with Gasteiger partial charge in [-0.2, -0.15) is 0 Å². The van der Waals surface area contributed by atoms with Crippen molar-refractivity contribution < 1.29 is 19.4 Å². The summed E-state index contributed by atoms with van der Waals surface area (Å²) in [5.74, 6) is -1.61. The average Bonchev–Trinajstić information content (AvgIpc) is 3.29. The van der Waals surface area contributed by atoms with Crippen LogP contribution < -0.4 is 10.2 Å². The average molecular weight is 472 g/mol. The summed E-state index contributed by atoms with van der Waals surface area (Å²) in [6, 6.07) is 14.6. The van der Waals surface area contributed by atoms with Crippen LogP contribution in [0.5, 0.6) is 0 Å². The highest BCUT2D eigenvalue weighted by Gasteiger charge is 2.38. The summed E-state index contributed by atoms with van der Waals surface area (Å²) in [7, 11) is 1.38. The first kappa shape index (κ1) is 21.9. The lowest BCUT2D eigenvalue weighted by atomic mass is 9.95. The summed E-state index contributed by atoms with van der Waals surface area (Å²) in [6.07, 6.45) is -0.983. The van der Waals surface area contributed by atoms with E-state index in [9.17, 15) is 14.7 Å². The predicted octanol–water partition coefficient (Wildman–Crippen LogP) is 3.23. The molecule has 0 bridgehead atoms. The van der Waals surface area contributed by atoms with Crippen LogP contribution in [0.1, 0.15) is 11.5 Å². The maximum absolute atomic E-state index is 12.7. The third kappa shape index (κ3) is 4.22. The molecule has 2 aromatic carbocycles. The Morgan fingerprint density at radius 2 is 1.81 bits per heavy atom. The van der Waals surface area contributed by atoms with E-state index in [0.717, 1.165) is 16.9 Å². The number of methoxy groups -OCH3 is 1. The molecule has 4 N–H and O–H groups in total. The minimum Gasteiger partial charge on any atom is -0.479 e. The molecule has 0 spiro atoms. The van der Waals surface area contributed by atoms with Crippen molar-refractivity contribution in [2.24, 2.45) is 0 Å². The first-order valence-electron chi connectivity index (χ1n) is 9.78. The van der Waals surface area contributed by atoms with Crippen molar-refractivity contribution in [1.29, 1.82) is 0 Å². The summed E-state index contributed by atoms with van der Waals surface area (Å²) in [6.45, 7) is 0.458. The van der Waals surface area contributed by atoms with Crippen LogP contribution in [0.2, 0.25) is 0 Å². The van der Waals surface area contributed by atoms with Crippen LogP contribution in [0.3, 0.4) is 0 Å². The number of carbonyl (C=O) groups excluding carboxylic acids is 1. The van der Waals surface area contributed by atoms with Crippen LogP contribution >= 0.6 is 24.4 Å². The van der Waals surface area contributed by atoms with Gasteiger partial charge >= 0.3 is 5.97 Å². The van der Waals surface area contributed by atoms with Crippen molar-refractivity contribution in [3.8, 4) is 5.69 Å². The molecule has 2 atom stereocenters. The molecule has 0 saturated heterocycles. The number of rotatable bonds is 7. The number of para-hydroxylation sites is 1. The Kier molecular flexibility index (Phi) is 6.21. The number of aromatic nitrogens is 3. The fourth-order valence-electron chi connectivity index (χ4n) is 3.98. The molecule has 1 aliphatic heterocycles. The number of aliphatic carboxylic acids is 1. The molecule has 0 radical (unpaired) electrons. The van der Waals surface area contributed by atoms with Gasteiger partial charge in [0.25, 0.3) is 0 Å². The summed E-state index contributed by atoms with van der Waals surface area (Å²) in [4.78, 5) is 26.2. The lowest BCUT2D eigenvalue weighted by Gasteiger charge is -2.21. The summed E-state index contributed by atoms with van der Waals surface area (Å²) < 4.78 is 7.78. The van der Waals surface area contributed by atoms with Crippen LogP contribution in [0.25, 0.3) is 5.69 Å². The molecular weight excluding hydrogens is 450 g/mol. The van der Waals surface area contributed by atoms with Gasteiger partial charge in [0, 0.05) is 30.9 Å². The standard InChI is InChI=1S/C21H21N5O4S2/c1-30-18(19(28)29)15-10-25(16-5-3-2-4-14(15)16)11-17(27)22-12-6-8-13(9-7-12)26-20(31)23-24-21(26)32/h2-9,15,18H,10-11H2,1H3,(H,22,27)(H,23,31)(H,24,32)(H,28,29). The number of H-pyrrole nitrogens is 2. The lowest BCUT2D eigenvalue weighted by molar-refractivity contribution is -0.149. The smallest absolute Gasteiger partial charge is 0.333 e. The van der Waals surface area contributed by atoms with Crippen molar-refractivity contribution in [3.05, 3.63) is 63.6 Å². The number of benzene rings is 2. The number of amides is 1. The van der Waals surface area contributed by atoms with Gasteiger partial charge in [0.2, 0.25) is 5.91 Å². The second-order valence-electron chi connectivity index (χ2n) is 7.33. The van der Waals surface area contributed by atoms with E-state index in [1.807, 2.05) is 29.2 Å². The zero-order valence-electron chi connectivity index (χ0n) is 17.1. The Hall–Kier alpha value is -3.28. The number of nitrogens with one attached hydrogen (secondary N) is 3. The number of anilines is 2. The molecule has 166 valence electrons. The Bertz CT molecular complexity index is 1240. The van der Waals surface area contributed by atoms with E-state index in [1.165, 1.54) is 7.11 Å². The van der Waals surface area contributed by atoms with Crippen molar-refractivity contribution >= 4 is 47.7 Å². The van der Waals surface area contributed by atoms with Crippen molar-refractivity contribution in [2.45, 2.75) is 12.0 Å². The maximum atomic E-state index is 12.7. The largest absolute Gasteiger partial charge is 0.479 e. The van der Waals surface area contributed by atoms with Gasteiger partial charge in [-0.05, 0) is 60.3 Å². The van der Waals surface area contributed by atoms with E-state index < -0.39 is 12.1 Å². The number of carboxylic acid groups (broad SMARTS) is 1. The number of ether oxygens (including phenoxy) is 1. The SMILES string of the molecule is COC(C(=O)O)C1CN(CC(=O)Nc2ccc(-n3c(=S)[nH][nH]c3=S)cc2)c2ccccc21. The third-order valence-corrected chi connectivity index (χ3v) is 5.95. The molecule has 4 rings (SSSR count). The second kappa shape index (κ2) is 9.07. The van der Waals surface area contributed by atoms with E-state index in [1.54, 1.807) is 28.8 Å². The topological polar surface area (TPSA) is 115 Å². The van der Waals surface area contributed by atoms with Crippen LogP contribution in [-0.4, -0.2) is 58.1 Å². The van der Waals surface area contributed by atoms with E-state index in [0.29, 0.717) is 21.8 Å². The maximum Gasteiger partial charge on any atom is 0.333 e. The summed E-state index contributed by atoms with van der Waals surface area (Å²) in [5.41, 5.74) is 3.09. The monoisotopic (exact) mass is 471 g/mol. The molecule has 2 unspecified atom stereocenters. The van der Waals surface area contributed by atoms with Gasteiger partial charge in [-0.1, -0.05) is 18.2 Å². The molecule has 1 amide bonds. The first-order chi connectivity index (χ1) is 15.4. The summed E-state index contributed by atoms with van der Waals surface area (Å²) in [5, 5.41) is 17.9. The zero-order chi connectivity index (χ0) is 22.8. The molecule has 11 heteroatoms. The molecule has 0 saturated carbocycles. The van der Waals surface area contributed by atoms with Gasteiger partial charge in [-0.15, -0.1) is 0 Å². The number of aromatic amines is 2. The number of nitrogens with zero attached hydrogens (tertiary/aromatic N) is 2. The number of carboxylic acids is 1.